The van der Waals surface area contributed by atoms with Gasteiger partial charge in [-0.15, -0.1) is 0 Å². The fourth-order valence-electron chi connectivity index (χ4n) is 3.77. The van der Waals surface area contributed by atoms with E-state index in [9.17, 15) is 0 Å². The first-order valence-electron chi connectivity index (χ1n) is 9.31. The molecule has 1 aliphatic carbocycles. The molecule has 6 heteroatoms. The normalized spacial score (nSPS) is 18.6. The molecule has 0 radical (unpaired) electrons. The lowest BCUT2D eigenvalue weighted by Crippen LogP contribution is -2.47. The molecule has 0 unspecified atom stereocenters. The van der Waals surface area contributed by atoms with E-state index >= 15 is 0 Å². The standard InChI is InChI=1S/C19H26N6/c1-15-21-17(23-16-6-2-3-7-16)14-19(22-15)25-12-10-24(11-13-25)18-8-4-5-9-20-18/h4-5,8-9,14,16H,2-3,6-7,10-13H2,1H3,(H,21,22,23). The first kappa shape index (κ1) is 16.1. The van der Waals surface area contributed by atoms with Crippen molar-refractivity contribution >= 4 is 17.5 Å². The predicted molar refractivity (Wildman–Crippen MR) is 101 cm³/mol. The Labute approximate surface area is 149 Å². The summed E-state index contributed by atoms with van der Waals surface area (Å²) in [7, 11) is 0. The number of nitrogens with one attached hydrogen (secondary N) is 1. The SMILES string of the molecule is Cc1nc(NC2CCCC2)cc(N2CCN(c3ccccn3)CC2)n1. The summed E-state index contributed by atoms with van der Waals surface area (Å²) >= 11 is 0. The summed E-state index contributed by atoms with van der Waals surface area (Å²) in [6.45, 7) is 5.82. The number of nitrogens with zero attached hydrogens (tertiary/aromatic N) is 5. The average Bonchev–Trinajstić information content (AvgIpc) is 3.15. The van der Waals surface area contributed by atoms with Gasteiger partial charge in [-0.05, 0) is 31.9 Å². The summed E-state index contributed by atoms with van der Waals surface area (Å²) in [6.07, 6.45) is 7.01. The van der Waals surface area contributed by atoms with E-state index in [4.69, 9.17) is 0 Å². The number of rotatable bonds is 4. The Bertz CT molecular complexity index is 690. The van der Waals surface area contributed by atoms with Gasteiger partial charge in [0.1, 0.15) is 23.3 Å². The minimum atomic E-state index is 0.572. The summed E-state index contributed by atoms with van der Waals surface area (Å²) in [6, 6.07) is 8.77. The van der Waals surface area contributed by atoms with Crippen molar-refractivity contribution in [3.63, 3.8) is 0 Å². The van der Waals surface area contributed by atoms with Crippen molar-refractivity contribution in [3.05, 3.63) is 36.3 Å². The molecule has 0 bridgehead atoms. The van der Waals surface area contributed by atoms with Gasteiger partial charge >= 0.3 is 0 Å². The zero-order valence-corrected chi connectivity index (χ0v) is 14.9. The van der Waals surface area contributed by atoms with Crippen molar-refractivity contribution in [2.45, 2.75) is 38.6 Å². The van der Waals surface area contributed by atoms with Gasteiger partial charge in [0.2, 0.25) is 0 Å². The van der Waals surface area contributed by atoms with Crippen LogP contribution in [0.2, 0.25) is 0 Å². The van der Waals surface area contributed by atoms with Crippen molar-refractivity contribution in [1.29, 1.82) is 0 Å². The maximum atomic E-state index is 4.67. The van der Waals surface area contributed by atoms with E-state index in [0.29, 0.717) is 6.04 Å². The lowest BCUT2D eigenvalue weighted by Gasteiger charge is -2.36. The molecule has 1 saturated carbocycles. The smallest absolute Gasteiger partial charge is 0.134 e. The monoisotopic (exact) mass is 338 g/mol. The molecule has 2 fully saturated rings. The minimum Gasteiger partial charge on any atom is -0.367 e. The van der Waals surface area contributed by atoms with Gasteiger partial charge in [-0.2, -0.15) is 0 Å². The molecular weight excluding hydrogens is 312 g/mol. The van der Waals surface area contributed by atoms with Crippen LogP contribution in [0, 0.1) is 6.92 Å². The quantitative estimate of drug-likeness (QED) is 0.925. The first-order valence-corrected chi connectivity index (χ1v) is 9.31. The predicted octanol–water partition coefficient (Wildman–Crippen LogP) is 2.86. The molecule has 4 rings (SSSR count). The second kappa shape index (κ2) is 7.25. The number of piperazine rings is 1. The Balaban J connectivity index is 1.42. The van der Waals surface area contributed by atoms with Crippen LogP contribution in [-0.4, -0.2) is 47.2 Å². The molecular formula is C19H26N6. The van der Waals surface area contributed by atoms with E-state index in [1.54, 1.807) is 0 Å². The number of aromatic nitrogens is 3. The van der Waals surface area contributed by atoms with E-state index in [1.165, 1.54) is 25.7 Å². The Morgan fingerprint density at radius 3 is 2.36 bits per heavy atom. The molecule has 1 aliphatic heterocycles. The van der Waals surface area contributed by atoms with E-state index in [0.717, 1.165) is 49.5 Å². The molecule has 25 heavy (non-hydrogen) atoms. The summed E-state index contributed by atoms with van der Waals surface area (Å²) in [4.78, 5) is 18.4. The van der Waals surface area contributed by atoms with E-state index in [1.807, 2.05) is 25.3 Å². The molecule has 0 atom stereocenters. The van der Waals surface area contributed by atoms with Crippen molar-refractivity contribution in [3.8, 4) is 0 Å². The third-order valence-corrected chi connectivity index (χ3v) is 5.11. The van der Waals surface area contributed by atoms with Crippen LogP contribution in [0.1, 0.15) is 31.5 Å². The van der Waals surface area contributed by atoms with Crippen LogP contribution in [0.3, 0.4) is 0 Å². The molecule has 6 nitrogen and oxygen atoms in total. The van der Waals surface area contributed by atoms with Gasteiger partial charge in [-0.25, -0.2) is 15.0 Å². The number of aryl methyl sites for hydroxylation is 1. The molecule has 0 spiro atoms. The zero-order chi connectivity index (χ0) is 17.1. The van der Waals surface area contributed by atoms with Crippen LogP contribution >= 0.6 is 0 Å². The highest BCUT2D eigenvalue weighted by Crippen LogP contribution is 2.24. The maximum Gasteiger partial charge on any atom is 0.134 e. The fourth-order valence-corrected chi connectivity index (χ4v) is 3.77. The van der Waals surface area contributed by atoms with Gasteiger partial charge in [0.25, 0.3) is 0 Å². The Hall–Kier alpha value is -2.37. The summed E-state index contributed by atoms with van der Waals surface area (Å²) in [5.41, 5.74) is 0. The van der Waals surface area contributed by atoms with Gasteiger partial charge in [0.15, 0.2) is 0 Å². The molecule has 2 aliphatic rings. The van der Waals surface area contributed by atoms with Crippen LogP contribution in [0.5, 0.6) is 0 Å². The van der Waals surface area contributed by atoms with Crippen molar-refractivity contribution in [1.82, 2.24) is 15.0 Å². The molecule has 2 aromatic heterocycles. The van der Waals surface area contributed by atoms with Crippen LogP contribution < -0.4 is 15.1 Å². The van der Waals surface area contributed by atoms with Crippen LogP contribution in [0.25, 0.3) is 0 Å². The number of pyridine rings is 1. The van der Waals surface area contributed by atoms with Gasteiger partial charge < -0.3 is 15.1 Å². The lowest BCUT2D eigenvalue weighted by molar-refractivity contribution is 0.640. The van der Waals surface area contributed by atoms with E-state index in [2.05, 4.69) is 42.2 Å². The van der Waals surface area contributed by atoms with E-state index < -0.39 is 0 Å². The van der Waals surface area contributed by atoms with Crippen molar-refractivity contribution in [2.24, 2.45) is 0 Å². The topological polar surface area (TPSA) is 57.2 Å². The third-order valence-electron chi connectivity index (χ3n) is 5.11. The molecule has 2 aromatic rings. The van der Waals surface area contributed by atoms with Gasteiger partial charge in [-0.1, -0.05) is 18.9 Å². The highest BCUT2D eigenvalue weighted by Gasteiger charge is 2.21. The van der Waals surface area contributed by atoms with Crippen molar-refractivity contribution in [2.75, 3.05) is 41.3 Å². The first-order chi connectivity index (χ1) is 12.3. The molecule has 0 aromatic carbocycles. The molecule has 1 N–H and O–H groups in total. The highest BCUT2D eigenvalue weighted by molar-refractivity contribution is 5.51. The second-order valence-corrected chi connectivity index (χ2v) is 6.95. The zero-order valence-electron chi connectivity index (χ0n) is 14.9. The van der Waals surface area contributed by atoms with Gasteiger partial charge in [-0.3, -0.25) is 0 Å². The van der Waals surface area contributed by atoms with E-state index in [-0.39, 0.29) is 0 Å². The van der Waals surface area contributed by atoms with Crippen molar-refractivity contribution < 1.29 is 0 Å². The summed E-state index contributed by atoms with van der Waals surface area (Å²) in [5.74, 6) is 3.91. The Morgan fingerprint density at radius 2 is 1.68 bits per heavy atom. The maximum absolute atomic E-state index is 4.67. The molecule has 0 amide bonds. The van der Waals surface area contributed by atoms with Crippen LogP contribution in [0.4, 0.5) is 17.5 Å². The summed E-state index contributed by atoms with van der Waals surface area (Å²) < 4.78 is 0. The Morgan fingerprint density at radius 1 is 0.960 bits per heavy atom. The lowest BCUT2D eigenvalue weighted by atomic mass is 10.2. The number of anilines is 3. The highest BCUT2D eigenvalue weighted by atomic mass is 15.3. The Kier molecular flexibility index (Phi) is 4.68. The molecule has 1 saturated heterocycles. The minimum absolute atomic E-state index is 0.572. The molecule has 3 heterocycles. The molecule has 132 valence electrons. The number of hydrogen-bond donors (Lipinski definition) is 1. The number of hydrogen-bond acceptors (Lipinski definition) is 6. The van der Waals surface area contributed by atoms with Crippen LogP contribution in [0.15, 0.2) is 30.5 Å². The van der Waals surface area contributed by atoms with Gasteiger partial charge in [0, 0.05) is 44.5 Å². The summed E-state index contributed by atoms with van der Waals surface area (Å²) in [5, 5.41) is 3.60. The largest absolute Gasteiger partial charge is 0.367 e. The fraction of sp³-hybridized carbons (Fsp3) is 0.526. The third kappa shape index (κ3) is 3.83. The van der Waals surface area contributed by atoms with Crippen LogP contribution in [-0.2, 0) is 0 Å². The second-order valence-electron chi connectivity index (χ2n) is 6.95. The van der Waals surface area contributed by atoms with Gasteiger partial charge in [0.05, 0.1) is 0 Å². The average molecular weight is 338 g/mol.